The fraction of sp³-hybridized carbons (Fsp3) is 0.579. The van der Waals surface area contributed by atoms with Gasteiger partial charge in [0.25, 0.3) is 0 Å². The van der Waals surface area contributed by atoms with Gasteiger partial charge >= 0.3 is 0 Å². The number of hydrogen-bond acceptors (Lipinski definition) is 4. The van der Waals surface area contributed by atoms with Crippen molar-refractivity contribution in [3.05, 3.63) is 30.3 Å². The summed E-state index contributed by atoms with van der Waals surface area (Å²) in [5, 5.41) is 0. The first kappa shape index (κ1) is 17.7. The molecule has 1 aromatic rings. The van der Waals surface area contributed by atoms with Crippen LogP contribution in [0.4, 0.5) is 0 Å². The highest BCUT2D eigenvalue weighted by Gasteiger charge is 2.31. The predicted molar refractivity (Wildman–Crippen MR) is 93.3 cm³/mol. The largest absolute Gasteiger partial charge is 0.493 e. The highest BCUT2D eigenvalue weighted by Crippen LogP contribution is 2.20. The second-order valence-electron chi connectivity index (χ2n) is 6.53. The minimum absolute atomic E-state index is 0.0652. The van der Waals surface area contributed by atoms with Gasteiger partial charge in [-0.3, -0.25) is 9.59 Å². The number of hydrogen-bond donors (Lipinski definition) is 0. The van der Waals surface area contributed by atoms with Crippen LogP contribution < -0.4 is 4.74 Å². The molecule has 0 aromatic heterocycles. The minimum atomic E-state index is -0.0779. The van der Waals surface area contributed by atoms with E-state index in [0.717, 1.165) is 25.1 Å². The Hall–Kier alpha value is -2.08. The summed E-state index contributed by atoms with van der Waals surface area (Å²) in [5.41, 5.74) is 0. The summed E-state index contributed by atoms with van der Waals surface area (Å²) >= 11 is 0. The average molecular weight is 346 g/mol. The van der Waals surface area contributed by atoms with Crippen LogP contribution in [0, 0.1) is 5.92 Å². The summed E-state index contributed by atoms with van der Waals surface area (Å²) < 4.78 is 10.9. The number of para-hydroxylation sites is 1. The Labute approximate surface area is 148 Å². The Morgan fingerprint density at radius 3 is 2.60 bits per heavy atom. The molecule has 6 heteroatoms. The van der Waals surface area contributed by atoms with Crippen molar-refractivity contribution in [2.24, 2.45) is 5.92 Å². The van der Waals surface area contributed by atoms with Crippen molar-refractivity contribution in [2.45, 2.75) is 19.3 Å². The lowest BCUT2D eigenvalue weighted by Crippen LogP contribution is -2.49. The van der Waals surface area contributed by atoms with Gasteiger partial charge in [0.1, 0.15) is 5.75 Å². The Morgan fingerprint density at radius 2 is 1.84 bits per heavy atom. The molecular formula is C19H26N2O4. The Kier molecular flexibility index (Phi) is 6.28. The molecule has 0 radical (unpaired) electrons. The molecule has 0 N–H and O–H groups in total. The van der Waals surface area contributed by atoms with E-state index in [1.807, 2.05) is 40.1 Å². The van der Waals surface area contributed by atoms with Crippen LogP contribution in [-0.2, 0) is 14.3 Å². The van der Waals surface area contributed by atoms with Gasteiger partial charge in [0.15, 0.2) is 0 Å². The van der Waals surface area contributed by atoms with Gasteiger partial charge < -0.3 is 19.3 Å². The van der Waals surface area contributed by atoms with Crippen molar-refractivity contribution in [3.63, 3.8) is 0 Å². The van der Waals surface area contributed by atoms with Crippen LogP contribution in [0.15, 0.2) is 30.3 Å². The van der Waals surface area contributed by atoms with Crippen LogP contribution in [0.2, 0.25) is 0 Å². The molecule has 2 aliphatic rings. The van der Waals surface area contributed by atoms with Gasteiger partial charge in [0.05, 0.1) is 32.2 Å². The third-order valence-corrected chi connectivity index (χ3v) is 4.77. The third kappa shape index (κ3) is 4.95. The van der Waals surface area contributed by atoms with E-state index < -0.39 is 0 Å². The number of carbonyl (C=O) groups excluding carboxylic acids is 2. The van der Waals surface area contributed by atoms with Crippen molar-refractivity contribution in [1.29, 1.82) is 0 Å². The topological polar surface area (TPSA) is 59.1 Å². The number of rotatable bonds is 5. The molecule has 0 bridgehead atoms. The fourth-order valence-electron chi connectivity index (χ4n) is 3.38. The lowest BCUT2D eigenvalue weighted by atomic mass is 9.96. The number of ether oxygens (including phenoxy) is 2. The van der Waals surface area contributed by atoms with E-state index in [-0.39, 0.29) is 17.7 Å². The van der Waals surface area contributed by atoms with E-state index in [0.29, 0.717) is 45.9 Å². The predicted octanol–water partition coefficient (Wildman–Crippen LogP) is 1.55. The van der Waals surface area contributed by atoms with Crippen LogP contribution in [0.3, 0.4) is 0 Å². The maximum Gasteiger partial charge on any atom is 0.227 e. The number of amides is 2. The number of nitrogens with zero attached hydrogens (tertiary/aromatic N) is 2. The molecule has 2 amide bonds. The average Bonchev–Trinajstić information content (AvgIpc) is 2.69. The molecule has 1 atom stereocenters. The molecule has 3 rings (SSSR count). The summed E-state index contributed by atoms with van der Waals surface area (Å²) in [6.07, 6.45) is 2.08. The Balaban J connectivity index is 1.45. The first-order valence-corrected chi connectivity index (χ1v) is 9.06. The molecule has 2 fully saturated rings. The number of piperidine rings is 1. The monoisotopic (exact) mass is 346 g/mol. The molecule has 1 unspecified atom stereocenters. The molecule has 1 aromatic carbocycles. The zero-order valence-electron chi connectivity index (χ0n) is 14.6. The van der Waals surface area contributed by atoms with Crippen molar-refractivity contribution in [2.75, 3.05) is 46.0 Å². The second-order valence-corrected chi connectivity index (χ2v) is 6.53. The SMILES string of the molecule is O=C(CCOc1ccccc1)N1CCCC(C(=O)N2CCOCC2)C1. The highest BCUT2D eigenvalue weighted by molar-refractivity contribution is 5.81. The molecular weight excluding hydrogens is 320 g/mol. The molecule has 2 heterocycles. The smallest absolute Gasteiger partial charge is 0.227 e. The first-order chi connectivity index (χ1) is 12.2. The van der Waals surface area contributed by atoms with Gasteiger partial charge in [-0.1, -0.05) is 18.2 Å². The van der Waals surface area contributed by atoms with Gasteiger partial charge in [-0.2, -0.15) is 0 Å². The van der Waals surface area contributed by atoms with E-state index in [4.69, 9.17) is 9.47 Å². The number of benzene rings is 1. The molecule has 2 aliphatic heterocycles. The van der Waals surface area contributed by atoms with E-state index in [1.54, 1.807) is 0 Å². The first-order valence-electron chi connectivity index (χ1n) is 9.06. The van der Waals surface area contributed by atoms with Gasteiger partial charge in [-0.05, 0) is 25.0 Å². The zero-order chi connectivity index (χ0) is 17.5. The van der Waals surface area contributed by atoms with Crippen molar-refractivity contribution < 1.29 is 19.1 Å². The normalized spacial score (nSPS) is 21.0. The molecule has 0 saturated carbocycles. The van der Waals surface area contributed by atoms with Crippen molar-refractivity contribution >= 4 is 11.8 Å². The van der Waals surface area contributed by atoms with Gasteiger partial charge in [0, 0.05) is 26.2 Å². The fourth-order valence-corrected chi connectivity index (χ4v) is 3.38. The summed E-state index contributed by atoms with van der Waals surface area (Å²) in [6, 6.07) is 9.50. The highest BCUT2D eigenvalue weighted by atomic mass is 16.5. The standard InChI is InChI=1S/C19H26N2O4/c22-18(8-12-25-17-6-2-1-3-7-17)21-9-4-5-16(15-21)19(23)20-10-13-24-14-11-20/h1-3,6-7,16H,4-5,8-15H2. The van der Waals surface area contributed by atoms with Crippen molar-refractivity contribution in [3.8, 4) is 5.75 Å². The summed E-state index contributed by atoms with van der Waals surface area (Å²) in [6.45, 7) is 4.16. The van der Waals surface area contributed by atoms with Crippen LogP contribution in [0.5, 0.6) is 5.75 Å². The lowest BCUT2D eigenvalue weighted by Gasteiger charge is -2.36. The van der Waals surface area contributed by atoms with Gasteiger partial charge in [0.2, 0.25) is 11.8 Å². The molecule has 25 heavy (non-hydrogen) atoms. The van der Waals surface area contributed by atoms with Gasteiger partial charge in [-0.15, -0.1) is 0 Å². The lowest BCUT2D eigenvalue weighted by molar-refractivity contribution is -0.144. The van der Waals surface area contributed by atoms with E-state index in [9.17, 15) is 9.59 Å². The quantitative estimate of drug-likeness (QED) is 0.812. The summed E-state index contributed by atoms with van der Waals surface area (Å²) in [4.78, 5) is 28.8. The third-order valence-electron chi connectivity index (χ3n) is 4.77. The summed E-state index contributed by atoms with van der Waals surface area (Å²) in [7, 11) is 0. The zero-order valence-corrected chi connectivity index (χ0v) is 14.6. The van der Waals surface area contributed by atoms with Crippen molar-refractivity contribution in [1.82, 2.24) is 9.80 Å². The Bertz CT molecular complexity index is 572. The second kappa shape index (κ2) is 8.85. The van der Waals surface area contributed by atoms with E-state index in [1.165, 1.54) is 0 Å². The summed E-state index contributed by atoms with van der Waals surface area (Å²) in [5.74, 6) is 0.928. The Morgan fingerprint density at radius 1 is 1.08 bits per heavy atom. The van der Waals surface area contributed by atoms with E-state index in [2.05, 4.69) is 0 Å². The number of carbonyl (C=O) groups is 2. The molecule has 2 saturated heterocycles. The maximum atomic E-state index is 12.6. The minimum Gasteiger partial charge on any atom is -0.493 e. The van der Waals surface area contributed by atoms with Crippen LogP contribution >= 0.6 is 0 Å². The number of likely N-dealkylation sites (tertiary alicyclic amines) is 1. The molecule has 6 nitrogen and oxygen atoms in total. The van der Waals surface area contributed by atoms with Crippen LogP contribution in [-0.4, -0.2) is 67.6 Å². The molecule has 0 spiro atoms. The van der Waals surface area contributed by atoms with Crippen LogP contribution in [0.1, 0.15) is 19.3 Å². The molecule has 136 valence electrons. The van der Waals surface area contributed by atoms with Crippen LogP contribution in [0.25, 0.3) is 0 Å². The maximum absolute atomic E-state index is 12.6. The number of morpholine rings is 1. The van der Waals surface area contributed by atoms with E-state index >= 15 is 0 Å². The van der Waals surface area contributed by atoms with Gasteiger partial charge in [-0.25, -0.2) is 0 Å². The molecule has 0 aliphatic carbocycles.